The summed E-state index contributed by atoms with van der Waals surface area (Å²) >= 11 is 0. The van der Waals surface area contributed by atoms with E-state index in [0.717, 1.165) is 0 Å². The second kappa shape index (κ2) is 4.43. The van der Waals surface area contributed by atoms with Crippen molar-refractivity contribution in [3.8, 4) is 0 Å². The fourth-order valence-electron chi connectivity index (χ4n) is 1.56. The predicted octanol–water partition coefficient (Wildman–Crippen LogP) is 3.17. The van der Waals surface area contributed by atoms with Crippen LogP contribution < -0.4 is 0 Å². The maximum Gasteiger partial charge on any atom is 0.419 e. The number of hydrogen-bond donors (Lipinski definition) is 0. The summed E-state index contributed by atoms with van der Waals surface area (Å²) in [6.45, 7) is 0.0401. The average Bonchev–Trinajstić information content (AvgIpc) is 2.75. The van der Waals surface area contributed by atoms with Crippen molar-refractivity contribution in [2.45, 2.75) is 12.5 Å². The molecule has 0 radical (unpaired) electrons. The van der Waals surface area contributed by atoms with Gasteiger partial charge < -0.3 is 9.47 Å². The summed E-state index contributed by atoms with van der Waals surface area (Å²) in [5.41, 5.74) is -2.99. The lowest BCUT2D eigenvalue weighted by atomic mass is 10.1. The van der Waals surface area contributed by atoms with E-state index in [4.69, 9.17) is 9.47 Å². The summed E-state index contributed by atoms with van der Waals surface area (Å²) in [4.78, 5) is 0. The highest BCUT2D eigenvalue weighted by molar-refractivity contribution is 5.31. The second-order valence-electron chi connectivity index (χ2n) is 3.52. The molecule has 0 bridgehead atoms. The minimum Gasteiger partial charge on any atom is -0.346 e. The topological polar surface area (TPSA) is 18.5 Å². The van der Waals surface area contributed by atoms with Crippen LogP contribution in [-0.2, 0) is 15.7 Å². The Morgan fingerprint density at radius 3 is 2.06 bits per heavy atom. The fourth-order valence-corrected chi connectivity index (χ4v) is 1.56. The Bertz CT molecular complexity index is 464. The van der Waals surface area contributed by atoms with Gasteiger partial charge in [0.05, 0.1) is 24.3 Å². The Labute approximate surface area is 97.1 Å². The van der Waals surface area contributed by atoms with E-state index in [2.05, 4.69) is 0 Å². The molecule has 8 heteroatoms. The maximum atomic E-state index is 13.4. The Hall–Kier alpha value is -1.28. The molecule has 2 rings (SSSR count). The molecule has 1 aromatic carbocycles. The lowest BCUT2D eigenvalue weighted by molar-refractivity contribution is -0.140. The number of rotatable bonds is 1. The van der Waals surface area contributed by atoms with Gasteiger partial charge in [-0.1, -0.05) is 0 Å². The van der Waals surface area contributed by atoms with E-state index in [1.165, 1.54) is 0 Å². The van der Waals surface area contributed by atoms with E-state index in [1.807, 2.05) is 0 Å². The number of hydrogen-bond acceptors (Lipinski definition) is 2. The minimum atomic E-state index is -5.18. The van der Waals surface area contributed by atoms with Crippen molar-refractivity contribution >= 4 is 0 Å². The van der Waals surface area contributed by atoms with Crippen molar-refractivity contribution in [3.63, 3.8) is 0 Å². The molecular weight excluding hydrogens is 266 g/mol. The summed E-state index contributed by atoms with van der Waals surface area (Å²) < 4.78 is 86.4. The van der Waals surface area contributed by atoms with Crippen molar-refractivity contribution in [1.29, 1.82) is 0 Å². The van der Waals surface area contributed by atoms with Gasteiger partial charge in [-0.05, 0) is 6.07 Å². The van der Waals surface area contributed by atoms with Crippen LogP contribution in [0.4, 0.5) is 26.3 Å². The highest BCUT2D eigenvalue weighted by Crippen LogP contribution is 2.37. The van der Waals surface area contributed by atoms with Crippen LogP contribution in [0.1, 0.15) is 17.4 Å². The molecule has 0 N–H and O–H groups in total. The molecule has 1 aromatic rings. The van der Waals surface area contributed by atoms with E-state index >= 15 is 0 Å². The zero-order valence-corrected chi connectivity index (χ0v) is 8.65. The van der Waals surface area contributed by atoms with Gasteiger partial charge in [-0.3, -0.25) is 0 Å². The molecule has 0 aliphatic carbocycles. The van der Waals surface area contributed by atoms with E-state index < -0.39 is 41.0 Å². The number of benzene rings is 1. The maximum absolute atomic E-state index is 13.4. The number of halogens is 6. The first-order chi connectivity index (χ1) is 8.32. The summed E-state index contributed by atoms with van der Waals surface area (Å²) in [6.07, 6.45) is -6.71. The molecule has 18 heavy (non-hydrogen) atoms. The SMILES string of the molecule is Fc1cc(C(F)(F)F)c(F)c(F)c1C1OCCO1. The van der Waals surface area contributed by atoms with Crippen LogP contribution in [0, 0.1) is 17.5 Å². The summed E-state index contributed by atoms with van der Waals surface area (Å²) in [7, 11) is 0. The monoisotopic (exact) mass is 272 g/mol. The molecule has 0 atom stereocenters. The number of alkyl halides is 3. The molecule has 2 nitrogen and oxygen atoms in total. The van der Waals surface area contributed by atoms with Crippen molar-refractivity contribution in [2.24, 2.45) is 0 Å². The Kier molecular flexibility index (Phi) is 3.24. The van der Waals surface area contributed by atoms with Crippen molar-refractivity contribution < 1.29 is 35.8 Å². The van der Waals surface area contributed by atoms with Gasteiger partial charge >= 0.3 is 6.18 Å². The molecule has 1 aliphatic rings. The first-order valence-electron chi connectivity index (χ1n) is 4.80. The molecule has 0 aromatic heterocycles. The third kappa shape index (κ3) is 2.17. The van der Waals surface area contributed by atoms with Crippen LogP contribution in [0.3, 0.4) is 0 Å². The van der Waals surface area contributed by atoms with Crippen LogP contribution in [0.5, 0.6) is 0 Å². The van der Waals surface area contributed by atoms with E-state index in [9.17, 15) is 26.3 Å². The molecule has 1 fully saturated rings. The number of ether oxygens (including phenoxy) is 2. The van der Waals surface area contributed by atoms with Gasteiger partial charge in [0.25, 0.3) is 0 Å². The van der Waals surface area contributed by atoms with Crippen LogP contribution in [-0.4, -0.2) is 13.2 Å². The molecule has 0 amide bonds. The van der Waals surface area contributed by atoms with Gasteiger partial charge in [0.2, 0.25) is 0 Å². The van der Waals surface area contributed by atoms with Gasteiger partial charge in [0, 0.05) is 0 Å². The highest BCUT2D eigenvalue weighted by atomic mass is 19.4. The van der Waals surface area contributed by atoms with Crippen molar-refractivity contribution in [2.75, 3.05) is 13.2 Å². The molecule has 0 saturated carbocycles. The van der Waals surface area contributed by atoms with Crippen LogP contribution in [0.2, 0.25) is 0 Å². The first-order valence-corrected chi connectivity index (χ1v) is 4.80. The molecule has 1 aliphatic heterocycles. The second-order valence-corrected chi connectivity index (χ2v) is 3.52. The zero-order chi connectivity index (χ0) is 13.5. The molecule has 1 saturated heterocycles. The molecular formula is C10H6F6O2. The highest BCUT2D eigenvalue weighted by Gasteiger charge is 2.39. The van der Waals surface area contributed by atoms with Crippen molar-refractivity contribution in [3.05, 3.63) is 34.6 Å². The third-order valence-corrected chi connectivity index (χ3v) is 2.36. The predicted molar refractivity (Wildman–Crippen MR) is 46.0 cm³/mol. The Morgan fingerprint density at radius 2 is 1.56 bits per heavy atom. The van der Waals surface area contributed by atoms with Gasteiger partial charge in [-0.15, -0.1) is 0 Å². The molecule has 1 heterocycles. The standard InChI is InChI=1S/C10H6F6O2/c11-5-3-4(10(14,15)16)7(12)8(13)6(5)9-17-1-2-18-9/h3,9H,1-2H2. The normalized spacial score (nSPS) is 17.4. The third-order valence-electron chi connectivity index (χ3n) is 2.36. The van der Waals surface area contributed by atoms with Crippen LogP contribution >= 0.6 is 0 Å². The van der Waals surface area contributed by atoms with Gasteiger partial charge in [0.15, 0.2) is 17.9 Å². The van der Waals surface area contributed by atoms with E-state index in [1.54, 1.807) is 0 Å². The first kappa shape index (κ1) is 13.2. The minimum absolute atomic E-state index is 0.0200. The summed E-state index contributed by atoms with van der Waals surface area (Å²) in [5.74, 6) is -5.68. The van der Waals surface area contributed by atoms with E-state index in [0.29, 0.717) is 0 Å². The fraction of sp³-hybridized carbons (Fsp3) is 0.400. The summed E-state index contributed by atoms with van der Waals surface area (Å²) in [6, 6.07) is -0.112. The van der Waals surface area contributed by atoms with Crippen LogP contribution in [0.25, 0.3) is 0 Å². The largest absolute Gasteiger partial charge is 0.419 e. The Balaban J connectivity index is 2.54. The smallest absolute Gasteiger partial charge is 0.346 e. The zero-order valence-electron chi connectivity index (χ0n) is 8.65. The quantitative estimate of drug-likeness (QED) is 0.577. The lowest BCUT2D eigenvalue weighted by Crippen LogP contribution is -2.15. The molecule has 0 spiro atoms. The summed E-state index contributed by atoms with van der Waals surface area (Å²) in [5, 5.41) is 0. The van der Waals surface area contributed by atoms with Crippen LogP contribution in [0.15, 0.2) is 6.07 Å². The Morgan fingerprint density at radius 1 is 1.00 bits per heavy atom. The van der Waals surface area contributed by atoms with Gasteiger partial charge in [-0.2, -0.15) is 13.2 Å². The lowest BCUT2D eigenvalue weighted by Gasteiger charge is -2.15. The average molecular weight is 272 g/mol. The van der Waals surface area contributed by atoms with Gasteiger partial charge in [-0.25, -0.2) is 13.2 Å². The van der Waals surface area contributed by atoms with Gasteiger partial charge in [0.1, 0.15) is 5.82 Å². The molecule has 0 unspecified atom stereocenters. The molecule has 100 valence electrons. The van der Waals surface area contributed by atoms with Crippen molar-refractivity contribution in [1.82, 2.24) is 0 Å². The van der Waals surface area contributed by atoms with E-state index in [-0.39, 0.29) is 19.3 Å².